The van der Waals surface area contributed by atoms with Gasteiger partial charge in [-0.15, -0.1) is 0 Å². The highest BCUT2D eigenvalue weighted by Gasteiger charge is 2.19. The molecule has 0 heterocycles. The Labute approximate surface area is 121 Å². The van der Waals surface area contributed by atoms with Gasteiger partial charge in [0, 0.05) is 23.2 Å². The van der Waals surface area contributed by atoms with E-state index < -0.39 is 28.9 Å². The number of nitrogens with one attached hydrogen (secondary N) is 1. The lowest BCUT2D eigenvalue weighted by Crippen LogP contribution is -2.16. The molecule has 2 rings (SSSR count). The van der Waals surface area contributed by atoms with Crippen molar-refractivity contribution in [1.82, 2.24) is 0 Å². The van der Waals surface area contributed by atoms with Crippen LogP contribution in [0.5, 0.6) is 0 Å². The van der Waals surface area contributed by atoms with Crippen molar-refractivity contribution in [2.75, 3.05) is 5.32 Å². The van der Waals surface area contributed by atoms with Gasteiger partial charge in [-0.05, 0) is 17.7 Å². The van der Waals surface area contributed by atoms with E-state index in [1.807, 2.05) is 0 Å². The molecule has 0 aliphatic heterocycles. The Morgan fingerprint density at radius 2 is 1.60 bits per heavy atom. The first-order valence-corrected chi connectivity index (χ1v) is 6.74. The number of hydrogen-bond acceptors (Lipinski definition) is 1. The van der Waals surface area contributed by atoms with Gasteiger partial charge in [0.1, 0.15) is 23.0 Å². The lowest BCUT2D eigenvalue weighted by Gasteiger charge is -2.08. The standard InChI is InChI=1S/C14H9BrF3NO/c15-7-8-1-3-10(4-2-8)19-14(20)13-11(17)5-9(16)6-12(13)18/h1-6H,7H2,(H,19,20). The maximum absolute atomic E-state index is 13.4. The van der Waals surface area contributed by atoms with Gasteiger partial charge in [0.15, 0.2) is 0 Å². The van der Waals surface area contributed by atoms with Crippen LogP contribution in [0.3, 0.4) is 0 Å². The summed E-state index contributed by atoms with van der Waals surface area (Å²) < 4.78 is 39.6. The van der Waals surface area contributed by atoms with Crippen molar-refractivity contribution < 1.29 is 18.0 Å². The molecule has 2 aromatic rings. The number of rotatable bonds is 3. The molecule has 104 valence electrons. The molecule has 0 fully saturated rings. The number of alkyl halides is 1. The fourth-order valence-corrected chi connectivity index (χ4v) is 2.00. The lowest BCUT2D eigenvalue weighted by molar-refractivity contribution is 0.101. The van der Waals surface area contributed by atoms with Crippen LogP contribution in [0.4, 0.5) is 18.9 Å². The monoisotopic (exact) mass is 343 g/mol. The molecule has 2 nitrogen and oxygen atoms in total. The van der Waals surface area contributed by atoms with Gasteiger partial charge in [0.25, 0.3) is 5.91 Å². The molecule has 0 radical (unpaired) electrons. The number of carbonyl (C=O) groups is 1. The van der Waals surface area contributed by atoms with Crippen LogP contribution in [-0.2, 0) is 5.33 Å². The number of amides is 1. The van der Waals surface area contributed by atoms with Crippen LogP contribution in [0.15, 0.2) is 36.4 Å². The molecular weight excluding hydrogens is 335 g/mol. The molecule has 1 amide bonds. The van der Waals surface area contributed by atoms with Gasteiger partial charge in [0.05, 0.1) is 0 Å². The maximum Gasteiger partial charge on any atom is 0.261 e. The van der Waals surface area contributed by atoms with E-state index in [1.54, 1.807) is 24.3 Å². The topological polar surface area (TPSA) is 29.1 Å². The van der Waals surface area contributed by atoms with E-state index in [0.717, 1.165) is 5.56 Å². The molecule has 20 heavy (non-hydrogen) atoms. The second-order valence-electron chi connectivity index (χ2n) is 4.03. The Hall–Kier alpha value is -1.82. The molecule has 0 atom stereocenters. The normalized spacial score (nSPS) is 10.4. The van der Waals surface area contributed by atoms with Crippen molar-refractivity contribution in [3.63, 3.8) is 0 Å². The van der Waals surface area contributed by atoms with E-state index in [2.05, 4.69) is 21.2 Å². The fraction of sp³-hybridized carbons (Fsp3) is 0.0714. The van der Waals surface area contributed by atoms with Crippen molar-refractivity contribution in [1.29, 1.82) is 0 Å². The van der Waals surface area contributed by atoms with Crippen molar-refractivity contribution >= 4 is 27.5 Å². The molecular formula is C14H9BrF3NO. The number of benzene rings is 2. The first-order valence-electron chi connectivity index (χ1n) is 5.62. The Morgan fingerprint density at radius 1 is 1.05 bits per heavy atom. The van der Waals surface area contributed by atoms with Gasteiger partial charge >= 0.3 is 0 Å². The lowest BCUT2D eigenvalue weighted by atomic mass is 10.1. The van der Waals surface area contributed by atoms with Crippen LogP contribution in [-0.4, -0.2) is 5.91 Å². The molecule has 0 spiro atoms. The predicted octanol–water partition coefficient (Wildman–Crippen LogP) is 4.25. The molecule has 0 saturated heterocycles. The summed E-state index contributed by atoms with van der Waals surface area (Å²) in [7, 11) is 0. The van der Waals surface area contributed by atoms with E-state index in [0.29, 0.717) is 23.2 Å². The average Bonchev–Trinajstić information content (AvgIpc) is 2.38. The predicted molar refractivity (Wildman–Crippen MR) is 73.3 cm³/mol. The third-order valence-electron chi connectivity index (χ3n) is 2.60. The van der Waals surface area contributed by atoms with E-state index in [4.69, 9.17) is 0 Å². The summed E-state index contributed by atoms with van der Waals surface area (Å²) in [5.74, 6) is -4.51. The van der Waals surface area contributed by atoms with E-state index in [1.165, 1.54) is 0 Å². The third-order valence-corrected chi connectivity index (χ3v) is 3.25. The largest absolute Gasteiger partial charge is 0.322 e. The first kappa shape index (κ1) is 14.6. The molecule has 0 aliphatic rings. The maximum atomic E-state index is 13.4. The summed E-state index contributed by atoms with van der Waals surface area (Å²) in [6.45, 7) is 0. The number of halogens is 4. The van der Waals surface area contributed by atoms with Crippen LogP contribution >= 0.6 is 15.9 Å². The number of hydrogen-bond donors (Lipinski definition) is 1. The highest BCUT2D eigenvalue weighted by atomic mass is 79.9. The van der Waals surface area contributed by atoms with Crippen molar-refractivity contribution in [3.8, 4) is 0 Å². The van der Waals surface area contributed by atoms with Crippen molar-refractivity contribution in [3.05, 3.63) is 65.0 Å². The van der Waals surface area contributed by atoms with Gasteiger partial charge in [-0.1, -0.05) is 28.1 Å². The zero-order valence-electron chi connectivity index (χ0n) is 10.1. The second kappa shape index (κ2) is 6.09. The summed E-state index contributed by atoms with van der Waals surface area (Å²) in [5, 5.41) is 3.01. The summed E-state index contributed by atoms with van der Waals surface area (Å²) in [5.41, 5.74) is 0.570. The average molecular weight is 344 g/mol. The Kier molecular flexibility index (Phi) is 4.44. The third kappa shape index (κ3) is 3.19. The molecule has 0 unspecified atom stereocenters. The van der Waals surface area contributed by atoms with Crippen molar-refractivity contribution in [2.45, 2.75) is 5.33 Å². The van der Waals surface area contributed by atoms with Gasteiger partial charge in [-0.25, -0.2) is 13.2 Å². The van der Waals surface area contributed by atoms with Crippen LogP contribution in [0.2, 0.25) is 0 Å². The molecule has 0 aliphatic carbocycles. The second-order valence-corrected chi connectivity index (χ2v) is 4.59. The van der Waals surface area contributed by atoms with Crippen molar-refractivity contribution in [2.24, 2.45) is 0 Å². The Balaban J connectivity index is 2.23. The minimum absolute atomic E-state index is 0.392. The van der Waals surface area contributed by atoms with E-state index in [9.17, 15) is 18.0 Å². The molecule has 6 heteroatoms. The van der Waals surface area contributed by atoms with Gasteiger partial charge in [-0.3, -0.25) is 4.79 Å². The van der Waals surface area contributed by atoms with Crippen LogP contribution in [0.1, 0.15) is 15.9 Å². The van der Waals surface area contributed by atoms with Crippen LogP contribution in [0.25, 0.3) is 0 Å². The first-order chi connectivity index (χ1) is 9.51. The SMILES string of the molecule is O=C(Nc1ccc(CBr)cc1)c1c(F)cc(F)cc1F. The minimum atomic E-state index is -1.24. The Bertz CT molecular complexity index is 620. The zero-order chi connectivity index (χ0) is 14.7. The summed E-state index contributed by atoms with van der Waals surface area (Å²) >= 11 is 3.27. The quantitative estimate of drug-likeness (QED) is 0.829. The minimum Gasteiger partial charge on any atom is -0.322 e. The summed E-state index contributed by atoms with van der Waals surface area (Å²) in [4.78, 5) is 11.8. The molecule has 0 saturated carbocycles. The highest BCUT2D eigenvalue weighted by Crippen LogP contribution is 2.18. The molecule has 1 N–H and O–H groups in total. The van der Waals surface area contributed by atoms with Gasteiger partial charge in [-0.2, -0.15) is 0 Å². The number of carbonyl (C=O) groups excluding carboxylic acids is 1. The Morgan fingerprint density at radius 3 is 2.10 bits per heavy atom. The summed E-state index contributed by atoms with van der Waals surface area (Å²) in [6.07, 6.45) is 0. The van der Waals surface area contributed by atoms with Crippen LogP contribution in [0, 0.1) is 17.5 Å². The van der Waals surface area contributed by atoms with Gasteiger partial charge < -0.3 is 5.32 Å². The fourth-order valence-electron chi connectivity index (χ4n) is 1.63. The summed E-state index contributed by atoms with van der Waals surface area (Å²) in [6, 6.07) is 7.64. The molecule has 2 aromatic carbocycles. The smallest absolute Gasteiger partial charge is 0.261 e. The van der Waals surface area contributed by atoms with E-state index in [-0.39, 0.29) is 0 Å². The number of anilines is 1. The van der Waals surface area contributed by atoms with Crippen LogP contribution < -0.4 is 5.32 Å². The highest BCUT2D eigenvalue weighted by molar-refractivity contribution is 9.08. The molecule has 0 aromatic heterocycles. The van der Waals surface area contributed by atoms with E-state index >= 15 is 0 Å². The molecule has 0 bridgehead atoms. The zero-order valence-corrected chi connectivity index (χ0v) is 11.7. The van der Waals surface area contributed by atoms with Gasteiger partial charge in [0.2, 0.25) is 0 Å².